The molecule has 2 aromatic heterocycles. The van der Waals surface area contributed by atoms with Gasteiger partial charge in [-0.05, 0) is 24.3 Å². The van der Waals surface area contributed by atoms with E-state index in [0.717, 1.165) is 10.6 Å². The lowest BCUT2D eigenvalue weighted by Gasteiger charge is -2.03. The number of rotatable bonds is 3. The van der Waals surface area contributed by atoms with E-state index in [9.17, 15) is 4.39 Å². The maximum absolute atomic E-state index is 12.5. The minimum Gasteiger partial charge on any atom is -0.379 e. The molecule has 0 saturated carbocycles. The maximum Gasteiger partial charge on any atom is 0.212 e. The molecule has 0 aliphatic carbocycles. The molecular formula is C11H8FN3S. The fourth-order valence-corrected chi connectivity index (χ4v) is 1.95. The van der Waals surface area contributed by atoms with Crippen LogP contribution in [-0.4, -0.2) is 4.98 Å². The van der Waals surface area contributed by atoms with Gasteiger partial charge in [0.2, 0.25) is 5.95 Å². The molecule has 0 spiro atoms. The average Bonchev–Trinajstić information content (AvgIpc) is 2.76. The molecule has 3 nitrogen and oxygen atoms in total. The van der Waals surface area contributed by atoms with Gasteiger partial charge in [0.05, 0.1) is 11.9 Å². The van der Waals surface area contributed by atoms with Gasteiger partial charge >= 0.3 is 0 Å². The highest BCUT2D eigenvalue weighted by molar-refractivity contribution is 7.12. The van der Waals surface area contributed by atoms with Crippen molar-refractivity contribution in [2.75, 3.05) is 5.32 Å². The molecule has 0 unspecified atom stereocenters. The second-order valence-electron chi connectivity index (χ2n) is 3.10. The first-order valence-electron chi connectivity index (χ1n) is 4.62. The summed E-state index contributed by atoms with van der Waals surface area (Å²) < 4.78 is 12.5. The van der Waals surface area contributed by atoms with E-state index in [1.807, 2.05) is 6.07 Å². The van der Waals surface area contributed by atoms with Gasteiger partial charge < -0.3 is 5.32 Å². The van der Waals surface area contributed by atoms with Gasteiger partial charge in [-0.2, -0.15) is 9.65 Å². The van der Waals surface area contributed by atoms with E-state index >= 15 is 0 Å². The quantitative estimate of drug-likeness (QED) is 0.829. The van der Waals surface area contributed by atoms with Gasteiger partial charge in [-0.15, -0.1) is 11.3 Å². The Balaban J connectivity index is 1.97. The molecule has 0 aliphatic rings. The van der Waals surface area contributed by atoms with Gasteiger partial charge in [-0.1, -0.05) is 0 Å². The van der Waals surface area contributed by atoms with E-state index in [1.165, 1.54) is 23.6 Å². The fraction of sp³-hybridized carbons (Fsp3) is 0.0909. The van der Waals surface area contributed by atoms with Crippen LogP contribution in [0.3, 0.4) is 0 Å². The summed E-state index contributed by atoms with van der Waals surface area (Å²) in [4.78, 5) is 5.28. The minimum atomic E-state index is -0.492. The van der Waals surface area contributed by atoms with Gasteiger partial charge in [0, 0.05) is 11.4 Å². The molecule has 16 heavy (non-hydrogen) atoms. The Hall–Kier alpha value is -1.93. The first-order valence-corrected chi connectivity index (χ1v) is 5.44. The van der Waals surface area contributed by atoms with Gasteiger partial charge in [0.15, 0.2) is 0 Å². The van der Waals surface area contributed by atoms with Crippen LogP contribution in [0.15, 0.2) is 30.5 Å². The predicted octanol–water partition coefficient (Wildman–Crippen LogP) is 2.77. The third kappa shape index (κ3) is 2.55. The summed E-state index contributed by atoms with van der Waals surface area (Å²) in [5.41, 5.74) is 0.758. The molecule has 2 aromatic rings. The number of halogens is 1. The van der Waals surface area contributed by atoms with Gasteiger partial charge in [0.1, 0.15) is 10.9 Å². The molecule has 0 saturated heterocycles. The zero-order valence-corrected chi connectivity index (χ0v) is 9.09. The second kappa shape index (κ2) is 4.73. The monoisotopic (exact) mass is 233 g/mol. The van der Waals surface area contributed by atoms with Crippen molar-refractivity contribution in [3.8, 4) is 6.07 Å². The van der Waals surface area contributed by atoms with E-state index in [0.29, 0.717) is 11.4 Å². The van der Waals surface area contributed by atoms with E-state index in [1.54, 1.807) is 12.1 Å². The fourth-order valence-electron chi connectivity index (χ4n) is 1.20. The molecular weight excluding hydrogens is 225 g/mol. The molecule has 1 N–H and O–H groups in total. The van der Waals surface area contributed by atoms with Crippen molar-refractivity contribution in [2.24, 2.45) is 0 Å². The highest BCUT2D eigenvalue weighted by Crippen LogP contribution is 2.16. The van der Waals surface area contributed by atoms with Crippen LogP contribution in [0.4, 0.5) is 10.1 Å². The summed E-state index contributed by atoms with van der Waals surface area (Å²) in [7, 11) is 0. The summed E-state index contributed by atoms with van der Waals surface area (Å²) in [6.45, 7) is 0.611. The van der Waals surface area contributed by atoms with Crippen LogP contribution in [0.5, 0.6) is 0 Å². The normalized spacial score (nSPS) is 9.75. The lowest BCUT2D eigenvalue weighted by Crippen LogP contribution is -1.97. The van der Waals surface area contributed by atoms with Crippen molar-refractivity contribution in [3.05, 3.63) is 46.2 Å². The number of nitriles is 1. The minimum absolute atomic E-state index is 0.492. The van der Waals surface area contributed by atoms with Crippen LogP contribution < -0.4 is 5.32 Å². The number of hydrogen-bond donors (Lipinski definition) is 1. The number of aromatic nitrogens is 1. The van der Waals surface area contributed by atoms with Crippen molar-refractivity contribution in [2.45, 2.75) is 6.54 Å². The largest absolute Gasteiger partial charge is 0.379 e. The molecule has 80 valence electrons. The average molecular weight is 233 g/mol. The maximum atomic E-state index is 12.5. The van der Waals surface area contributed by atoms with Crippen LogP contribution >= 0.6 is 11.3 Å². The topological polar surface area (TPSA) is 48.7 Å². The zero-order valence-electron chi connectivity index (χ0n) is 8.27. The number of pyridine rings is 1. The zero-order chi connectivity index (χ0) is 11.4. The lowest BCUT2D eigenvalue weighted by molar-refractivity contribution is 0.584. The molecule has 0 amide bonds. The third-order valence-electron chi connectivity index (χ3n) is 1.97. The first kappa shape index (κ1) is 10.6. The molecule has 0 fully saturated rings. The van der Waals surface area contributed by atoms with Crippen LogP contribution in [0.25, 0.3) is 0 Å². The van der Waals surface area contributed by atoms with Crippen molar-refractivity contribution < 1.29 is 4.39 Å². The summed E-state index contributed by atoms with van der Waals surface area (Å²) in [6, 6.07) is 8.69. The van der Waals surface area contributed by atoms with Gasteiger partial charge in [-0.25, -0.2) is 4.98 Å². The Morgan fingerprint density at radius 3 is 2.88 bits per heavy atom. The van der Waals surface area contributed by atoms with Crippen LogP contribution in [0.1, 0.15) is 9.75 Å². The molecule has 0 aliphatic heterocycles. The van der Waals surface area contributed by atoms with Gasteiger partial charge in [0.25, 0.3) is 0 Å². The SMILES string of the molecule is N#Cc1ccc(CNc2ccc(F)nc2)s1. The summed E-state index contributed by atoms with van der Waals surface area (Å²) in [6.07, 6.45) is 1.44. The highest BCUT2D eigenvalue weighted by atomic mass is 32.1. The van der Waals surface area contributed by atoms with Crippen LogP contribution in [0, 0.1) is 17.3 Å². The number of anilines is 1. The number of nitrogens with one attached hydrogen (secondary N) is 1. The Bertz CT molecular complexity index is 513. The van der Waals surface area contributed by atoms with Crippen LogP contribution in [0.2, 0.25) is 0 Å². The van der Waals surface area contributed by atoms with E-state index in [-0.39, 0.29) is 0 Å². The standard InChI is InChI=1S/C11H8FN3S/c12-11-4-1-8(6-15-11)14-7-10-3-2-9(5-13)16-10/h1-4,6,14H,7H2. The molecule has 2 heterocycles. The number of thiophene rings is 1. The molecule has 2 rings (SSSR count). The Labute approximate surface area is 96.2 Å². The lowest BCUT2D eigenvalue weighted by atomic mass is 10.4. The Morgan fingerprint density at radius 2 is 2.25 bits per heavy atom. The first-order chi connectivity index (χ1) is 7.78. The summed E-state index contributed by atoms with van der Waals surface area (Å²) >= 11 is 1.44. The molecule has 0 aromatic carbocycles. The number of nitrogens with zero attached hydrogens (tertiary/aromatic N) is 2. The Kier molecular flexibility index (Phi) is 3.13. The molecule has 0 radical (unpaired) electrons. The summed E-state index contributed by atoms with van der Waals surface area (Å²) in [5, 5.41) is 11.8. The van der Waals surface area contributed by atoms with Crippen molar-refractivity contribution in [3.63, 3.8) is 0 Å². The third-order valence-corrected chi connectivity index (χ3v) is 2.96. The van der Waals surface area contributed by atoms with Gasteiger partial charge in [-0.3, -0.25) is 0 Å². The predicted molar refractivity (Wildman–Crippen MR) is 60.6 cm³/mol. The van der Waals surface area contributed by atoms with E-state index in [4.69, 9.17) is 5.26 Å². The molecule has 0 bridgehead atoms. The Morgan fingerprint density at radius 1 is 1.38 bits per heavy atom. The second-order valence-corrected chi connectivity index (χ2v) is 4.27. The van der Waals surface area contributed by atoms with Crippen molar-refractivity contribution in [1.29, 1.82) is 5.26 Å². The highest BCUT2D eigenvalue weighted by Gasteiger charge is 1.99. The molecule has 5 heteroatoms. The van der Waals surface area contributed by atoms with E-state index in [2.05, 4.69) is 16.4 Å². The van der Waals surface area contributed by atoms with E-state index < -0.39 is 5.95 Å². The summed E-state index contributed by atoms with van der Waals surface area (Å²) in [5.74, 6) is -0.492. The number of hydrogen-bond acceptors (Lipinski definition) is 4. The van der Waals surface area contributed by atoms with Crippen molar-refractivity contribution in [1.82, 2.24) is 4.98 Å². The van der Waals surface area contributed by atoms with Crippen molar-refractivity contribution >= 4 is 17.0 Å². The van der Waals surface area contributed by atoms with Crippen LogP contribution in [-0.2, 0) is 6.54 Å². The molecule has 0 atom stereocenters. The smallest absolute Gasteiger partial charge is 0.212 e.